The van der Waals surface area contributed by atoms with Crippen LogP contribution in [0.15, 0.2) is 22.7 Å². The van der Waals surface area contributed by atoms with Gasteiger partial charge in [-0.05, 0) is 33.8 Å². The summed E-state index contributed by atoms with van der Waals surface area (Å²) in [5.74, 6) is 0.341. The summed E-state index contributed by atoms with van der Waals surface area (Å²) in [6.07, 6.45) is 1.04. The van der Waals surface area contributed by atoms with Gasteiger partial charge in [0.2, 0.25) is 0 Å². The van der Waals surface area contributed by atoms with E-state index in [1.54, 1.807) is 0 Å². The maximum absolute atomic E-state index is 10.0. The lowest BCUT2D eigenvalue weighted by Crippen LogP contribution is -2.25. The second-order valence-electron chi connectivity index (χ2n) is 4.98. The molecule has 15 heavy (non-hydrogen) atoms. The Morgan fingerprint density at radius 2 is 2.07 bits per heavy atom. The minimum absolute atomic E-state index is 0.0408. The Balaban J connectivity index is 2.51. The van der Waals surface area contributed by atoms with Gasteiger partial charge in [-0.25, -0.2) is 0 Å². The van der Waals surface area contributed by atoms with Crippen molar-refractivity contribution in [1.82, 2.24) is 0 Å². The zero-order chi connectivity index (χ0) is 11.3. The van der Waals surface area contributed by atoms with Crippen molar-refractivity contribution in [1.29, 1.82) is 0 Å². The lowest BCUT2D eigenvalue weighted by molar-refractivity contribution is 0.434. The molecular weight excluding hydrogens is 254 g/mol. The van der Waals surface area contributed by atoms with Gasteiger partial charge < -0.3 is 10.8 Å². The van der Waals surface area contributed by atoms with E-state index < -0.39 is 0 Å². The second-order valence-corrected chi connectivity index (χ2v) is 5.84. The van der Waals surface area contributed by atoms with Gasteiger partial charge in [0.25, 0.3) is 0 Å². The van der Waals surface area contributed by atoms with E-state index in [9.17, 15) is 5.11 Å². The summed E-state index contributed by atoms with van der Waals surface area (Å²) in [5, 5.41) is 10.0. The highest BCUT2D eigenvalue weighted by Crippen LogP contribution is 2.65. The number of para-hydroxylation sites is 1. The normalized spacial score (nSPS) is 27.7. The van der Waals surface area contributed by atoms with Gasteiger partial charge >= 0.3 is 0 Å². The van der Waals surface area contributed by atoms with Crippen molar-refractivity contribution in [2.75, 3.05) is 6.54 Å². The van der Waals surface area contributed by atoms with Gasteiger partial charge in [0.1, 0.15) is 5.75 Å². The minimum atomic E-state index is -0.0408. The van der Waals surface area contributed by atoms with Gasteiger partial charge in [-0.15, -0.1) is 0 Å². The number of hydrogen-bond acceptors (Lipinski definition) is 2. The molecule has 1 aromatic rings. The molecule has 1 aliphatic carbocycles. The first-order valence-electron chi connectivity index (χ1n) is 5.13. The minimum Gasteiger partial charge on any atom is -0.506 e. The largest absolute Gasteiger partial charge is 0.506 e. The van der Waals surface area contributed by atoms with Crippen LogP contribution in [0.3, 0.4) is 0 Å². The van der Waals surface area contributed by atoms with E-state index in [1.165, 1.54) is 0 Å². The van der Waals surface area contributed by atoms with Crippen molar-refractivity contribution in [3.63, 3.8) is 0 Å². The Kier molecular flexibility index (Phi) is 2.36. The smallest absolute Gasteiger partial charge is 0.133 e. The van der Waals surface area contributed by atoms with Gasteiger partial charge in [-0.2, -0.15) is 0 Å². The summed E-state index contributed by atoms with van der Waals surface area (Å²) >= 11 is 3.34. The first kappa shape index (κ1) is 11.0. The van der Waals surface area contributed by atoms with E-state index in [0.29, 0.717) is 12.3 Å². The van der Waals surface area contributed by atoms with Crippen molar-refractivity contribution in [3.8, 4) is 5.75 Å². The van der Waals surface area contributed by atoms with Crippen LogP contribution in [0.2, 0.25) is 0 Å². The number of nitrogens with two attached hydrogens (primary N) is 1. The maximum atomic E-state index is 10.0. The van der Waals surface area contributed by atoms with Crippen LogP contribution in [-0.2, 0) is 5.41 Å². The fourth-order valence-corrected chi connectivity index (χ4v) is 2.90. The molecule has 0 amide bonds. The summed E-state index contributed by atoms with van der Waals surface area (Å²) < 4.78 is 0.746. The Morgan fingerprint density at radius 1 is 1.47 bits per heavy atom. The van der Waals surface area contributed by atoms with Gasteiger partial charge in [0, 0.05) is 17.5 Å². The molecule has 1 aromatic carbocycles. The molecule has 3 N–H and O–H groups in total. The zero-order valence-electron chi connectivity index (χ0n) is 9.05. The molecule has 0 radical (unpaired) electrons. The molecule has 1 aliphatic rings. The molecule has 0 bridgehead atoms. The summed E-state index contributed by atoms with van der Waals surface area (Å²) in [5.41, 5.74) is 7.00. The molecule has 0 spiro atoms. The highest BCUT2D eigenvalue weighted by Gasteiger charge is 2.62. The molecule has 1 unspecified atom stereocenters. The number of aromatic hydroxyl groups is 1. The number of benzene rings is 1. The van der Waals surface area contributed by atoms with Gasteiger partial charge in [-0.3, -0.25) is 0 Å². The molecule has 1 fully saturated rings. The van der Waals surface area contributed by atoms with Crippen molar-refractivity contribution >= 4 is 15.9 Å². The number of phenols is 1. The van der Waals surface area contributed by atoms with Crippen LogP contribution >= 0.6 is 15.9 Å². The fraction of sp³-hybridized carbons (Fsp3) is 0.500. The number of rotatable bonds is 2. The number of halogens is 1. The number of phenolic OH excluding ortho intramolecular Hbond substituents is 1. The SMILES string of the molecule is CC1(C)CC1(CN)c1cccc(Br)c1O. The van der Waals surface area contributed by atoms with Gasteiger partial charge in [-0.1, -0.05) is 26.0 Å². The van der Waals surface area contributed by atoms with Crippen LogP contribution in [0, 0.1) is 5.41 Å². The topological polar surface area (TPSA) is 46.2 Å². The summed E-state index contributed by atoms with van der Waals surface area (Å²) in [7, 11) is 0. The van der Waals surface area contributed by atoms with Crippen molar-refractivity contribution in [2.24, 2.45) is 11.1 Å². The molecule has 82 valence electrons. The number of hydrogen-bond donors (Lipinski definition) is 2. The van der Waals surface area contributed by atoms with E-state index in [-0.39, 0.29) is 10.8 Å². The highest BCUT2D eigenvalue weighted by molar-refractivity contribution is 9.10. The van der Waals surface area contributed by atoms with Crippen LogP contribution in [0.5, 0.6) is 5.75 Å². The Morgan fingerprint density at radius 3 is 2.53 bits per heavy atom. The van der Waals surface area contributed by atoms with Crippen LogP contribution in [0.25, 0.3) is 0 Å². The fourth-order valence-electron chi connectivity index (χ4n) is 2.53. The highest BCUT2D eigenvalue weighted by atomic mass is 79.9. The van der Waals surface area contributed by atoms with Crippen LogP contribution in [0.4, 0.5) is 0 Å². The predicted octanol–water partition coefficient (Wildman–Crippen LogP) is 2.78. The molecule has 1 saturated carbocycles. The third-order valence-corrected chi connectivity index (χ3v) is 4.40. The molecular formula is C12H16BrNO. The lowest BCUT2D eigenvalue weighted by Gasteiger charge is -2.20. The molecule has 0 aromatic heterocycles. The summed E-state index contributed by atoms with van der Waals surface area (Å²) in [6, 6.07) is 5.77. The van der Waals surface area contributed by atoms with Crippen LogP contribution < -0.4 is 5.73 Å². The van der Waals surface area contributed by atoms with Gasteiger partial charge in [0.05, 0.1) is 4.47 Å². The van der Waals surface area contributed by atoms with Crippen LogP contribution in [0.1, 0.15) is 25.8 Å². The summed E-state index contributed by atoms with van der Waals surface area (Å²) in [4.78, 5) is 0. The molecule has 3 heteroatoms. The molecule has 0 aliphatic heterocycles. The van der Waals surface area contributed by atoms with Crippen molar-refractivity contribution < 1.29 is 5.11 Å². The van der Waals surface area contributed by atoms with Crippen LogP contribution in [-0.4, -0.2) is 11.7 Å². The average Bonchev–Trinajstić information content (AvgIpc) is 2.74. The maximum Gasteiger partial charge on any atom is 0.133 e. The first-order chi connectivity index (χ1) is 6.94. The van der Waals surface area contributed by atoms with Gasteiger partial charge in [0.15, 0.2) is 0 Å². The molecule has 2 nitrogen and oxygen atoms in total. The summed E-state index contributed by atoms with van der Waals surface area (Å²) in [6.45, 7) is 4.98. The van der Waals surface area contributed by atoms with E-state index in [0.717, 1.165) is 16.5 Å². The quantitative estimate of drug-likeness (QED) is 0.868. The van der Waals surface area contributed by atoms with Crippen molar-refractivity contribution in [2.45, 2.75) is 25.7 Å². The Labute approximate surface area is 98.6 Å². The Hall–Kier alpha value is -0.540. The monoisotopic (exact) mass is 269 g/mol. The average molecular weight is 270 g/mol. The molecule has 0 heterocycles. The zero-order valence-corrected chi connectivity index (χ0v) is 10.6. The second kappa shape index (κ2) is 3.22. The van der Waals surface area contributed by atoms with E-state index in [2.05, 4.69) is 29.8 Å². The molecule has 0 saturated heterocycles. The predicted molar refractivity (Wildman–Crippen MR) is 64.9 cm³/mol. The van der Waals surface area contributed by atoms with Crippen molar-refractivity contribution in [3.05, 3.63) is 28.2 Å². The lowest BCUT2D eigenvalue weighted by atomic mass is 9.87. The molecule has 1 atom stereocenters. The first-order valence-corrected chi connectivity index (χ1v) is 5.92. The third-order valence-electron chi connectivity index (χ3n) is 3.77. The van der Waals surface area contributed by atoms with E-state index >= 15 is 0 Å². The standard InChI is InChI=1S/C12H16BrNO/c1-11(2)6-12(11,7-14)8-4-3-5-9(13)10(8)15/h3-5,15H,6-7,14H2,1-2H3. The molecule has 2 rings (SSSR count). The third kappa shape index (κ3) is 1.41. The van der Waals surface area contributed by atoms with E-state index in [4.69, 9.17) is 5.73 Å². The Bertz CT molecular complexity index is 403. The van der Waals surface area contributed by atoms with E-state index in [1.807, 2.05) is 18.2 Å².